The second-order valence-electron chi connectivity index (χ2n) is 17.5. The van der Waals surface area contributed by atoms with Crippen molar-refractivity contribution >= 4 is 13.8 Å². The van der Waals surface area contributed by atoms with E-state index in [1.165, 1.54) is 89.9 Å². The molecule has 0 aromatic heterocycles. The zero-order valence-corrected chi connectivity index (χ0v) is 41.0. The minimum Gasteiger partial charge on any atom is -0.457 e. The van der Waals surface area contributed by atoms with Crippen molar-refractivity contribution in [3.63, 3.8) is 0 Å². The van der Waals surface area contributed by atoms with Crippen LogP contribution in [0.25, 0.3) is 0 Å². The number of phosphoric acid groups is 1. The number of phosphoric ester groups is 1. The predicted octanol–water partition coefficient (Wildman–Crippen LogP) is 15.1. The van der Waals surface area contributed by atoms with Gasteiger partial charge in [0.1, 0.15) is 19.3 Å². The summed E-state index contributed by atoms with van der Waals surface area (Å²) < 4.78 is 35.1. The second-order valence-corrected chi connectivity index (χ2v) is 18.9. The third kappa shape index (κ3) is 48.8. The van der Waals surface area contributed by atoms with Gasteiger partial charge in [-0.05, 0) is 83.5 Å². The Balaban J connectivity index is 4.23. The summed E-state index contributed by atoms with van der Waals surface area (Å²) in [6.07, 6.45) is 58.0. The van der Waals surface area contributed by atoms with E-state index in [0.717, 1.165) is 83.5 Å². The molecule has 0 aliphatic carbocycles. The highest BCUT2D eigenvalue weighted by Gasteiger charge is 2.26. The lowest BCUT2D eigenvalue weighted by Crippen LogP contribution is -2.37. The maximum absolute atomic E-state index is 12.7. The van der Waals surface area contributed by atoms with Gasteiger partial charge in [0.25, 0.3) is 0 Å². The molecule has 2 atom stereocenters. The summed E-state index contributed by atoms with van der Waals surface area (Å²) in [6.45, 7) is 5.46. The summed E-state index contributed by atoms with van der Waals surface area (Å²) in [5, 5.41) is 0. The maximum Gasteiger partial charge on any atom is 0.472 e. The number of hydrogen-bond donors (Lipinski definition) is 1. The van der Waals surface area contributed by atoms with Gasteiger partial charge in [-0.1, -0.05) is 177 Å². The molecular formula is C52H95NO7P+. The van der Waals surface area contributed by atoms with Crippen molar-refractivity contribution in [2.24, 2.45) is 0 Å². The normalized spacial score (nSPS) is 14.3. The summed E-state index contributed by atoms with van der Waals surface area (Å²) in [6, 6.07) is 0. The van der Waals surface area contributed by atoms with E-state index >= 15 is 0 Å². The first-order chi connectivity index (χ1) is 29.6. The number of ether oxygens (including phenoxy) is 2. The Morgan fingerprint density at radius 2 is 0.951 bits per heavy atom. The highest BCUT2D eigenvalue weighted by Crippen LogP contribution is 2.43. The van der Waals surface area contributed by atoms with E-state index in [2.05, 4.69) is 86.8 Å². The van der Waals surface area contributed by atoms with Gasteiger partial charge >= 0.3 is 13.8 Å². The zero-order chi connectivity index (χ0) is 44.8. The monoisotopic (exact) mass is 877 g/mol. The third-order valence-electron chi connectivity index (χ3n) is 10.3. The minimum absolute atomic E-state index is 0.0807. The number of likely N-dealkylation sites (N-methyl/N-ethyl adjacent to an activating group) is 1. The van der Waals surface area contributed by atoms with Crippen LogP contribution in [0.2, 0.25) is 0 Å². The van der Waals surface area contributed by atoms with Crippen molar-refractivity contribution in [3.8, 4) is 0 Å². The van der Waals surface area contributed by atoms with E-state index in [0.29, 0.717) is 24.1 Å². The van der Waals surface area contributed by atoms with Gasteiger partial charge in [-0.2, -0.15) is 0 Å². The molecule has 1 N–H and O–H groups in total. The molecule has 0 fully saturated rings. The number of rotatable bonds is 45. The van der Waals surface area contributed by atoms with Crippen molar-refractivity contribution in [1.82, 2.24) is 0 Å². The Hall–Kier alpha value is -2.06. The molecule has 0 radical (unpaired) electrons. The molecule has 0 amide bonds. The van der Waals surface area contributed by atoms with E-state index in [-0.39, 0.29) is 25.8 Å². The fourth-order valence-corrected chi connectivity index (χ4v) is 7.20. The molecule has 0 heterocycles. The molecule has 0 saturated carbocycles. The number of nitrogens with zero attached hydrogens (tertiary/aromatic N) is 1. The fourth-order valence-electron chi connectivity index (χ4n) is 6.46. The Bertz CT molecular complexity index is 1200. The minimum atomic E-state index is -4.29. The number of allylic oxidation sites excluding steroid dienone is 12. The van der Waals surface area contributed by atoms with Crippen LogP contribution in [0.3, 0.4) is 0 Å². The van der Waals surface area contributed by atoms with Gasteiger partial charge in [0.15, 0.2) is 0 Å². The molecule has 0 aromatic carbocycles. The standard InChI is InChI=1S/C52H94NO7P/c1-6-8-10-12-14-16-18-20-22-24-26-27-28-29-31-33-35-37-39-41-43-45-52(54)60-51(50-59-61(55,56)58-48-46-53(3,4)5)49-57-47-44-42-40-38-36-34-32-30-25-23-21-19-17-15-13-11-9-7-2/h9,11,15,17-18,20-21,23-24,26,28-29,51H,6-8,10,12-14,16,19,22,25,27,30-50H2,1-5H3/p+1/b11-9-,17-15-,20-18-,23-21-,26-24-,29-28-. The quantitative estimate of drug-likeness (QED) is 0.0214. The molecule has 0 rings (SSSR count). The lowest BCUT2D eigenvalue weighted by atomic mass is 10.1. The number of carbonyl (C=O) groups excluding carboxylic acids is 1. The second kappa shape index (κ2) is 44.5. The Labute approximate surface area is 376 Å². The van der Waals surface area contributed by atoms with Crippen molar-refractivity contribution in [2.75, 3.05) is 54.1 Å². The van der Waals surface area contributed by atoms with Crippen LogP contribution in [0, 0.1) is 0 Å². The number of quaternary nitrogens is 1. The van der Waals surface area contributed by atoms with Crippen LogP contribution in [-0.4, -0.2) is 75.6 Å². The van der Waals surface area contributed by atoms with Crippen LogP contribution in [0.15, 0.2) is 72.9 Å². The Morgan fingerprint density at radius 3 is 1.43 bits per heavy atom. The van der Waals surface area contributed by atoms with Crippen LogP contribution >= 0.6 is 7.82 Å². The van der Waals surface area contributed by atoms with E-state index in [1.54, 1.807) is 0 Å². The van der Waals surface area contributed by atoms with Crippen LogP contribution in [0.4, 0.5) is 0 Å². The molecule has 0 aromatic rings. The highest BCUT2D eigenvalue weighted by atomic mass is 31.2. The van der Waals surface area contributed by atoms with Crippen LogP contribution < -0.4 is 0 Å². The van der Waals surface area contributed by atoms with Gasteiger partial charge in [-0.15, -0.1) is 0 Å². The highest BCUT2D eigenvalue weighted by molar-refractivity contribution is 7.47. The van der Waals surface area contributed by atoms with Crippen molar-refractivity contribution in [3.05, 3.63) is 72.9 Å². The molecular weight excluding hydrogens is 782 g/mol. The van der Waals surface area contributed by atoms with Gasteiger partial charge < -0.3 is 18.9 Å². The molecule has 0 spiro atoms. The largest absolute Gasteiger partial charge is 0.472 e. The van der Waals surface area contributed by atoms with E-state index in [4.69, 9.17) is 18.5 Å². The molecule has 2 unspecified atom stereocenters. The number of esters is 1. The first kappa shape index (κ1) is 58.9. The van der Waals surface area contributed by atoms with Gasteiger partial charge in [-0.25, -0.2) is 4.57 Å². The van der Waals surface area contributed by atoms with Gasteiger partial charge in [0, 0.05) is 13.0 Å². The molecule has 8 nitrogen and oxygen atoms in total. The first-order valence-corrected chi connectivity index (χ1v) is 26.2. The molecule has 0 bridgehead atoms. The summed E-state index contributed by atoms with van der Waals surface area (Å²) in [4.78, 5) is 23.0. The summed E-state index contributed by atoms with van der Waals surface area (Å²) in [5.41, 5.74) is 0. The third-order valence-corrected chi connectivity index (χ3v) is 11.2. The molecule has 354 valence electrons. The number of carbonyl (C=O) groups is 1. The van der Waals surface area contributed by atoms with Crippen LogP contribution in [-0.2, 0) is 27.9 Å². The molecule has 9 heteroatoms. The lowest BCUT2D eigenvalue weighted by Gasteiger charge is -2.24. The van der Waals surface area contributed by atoms with Gasteiger partial charge in [0.05, 0.1) is 34.4 Å². The first-order valence-electron chi connectivity index (χ1n) is 24.7. The lowest BCUT2D eigenvalue weighted by molar-refractivity contribution is -0.870. The smallest absolute Gasteiger partial charge is 0.457 e. The fraction of sp³-hybridized carbons (Fsp3) is 0.750. The van der Waals surface area contributed by atoms with Crippen molar-refractivity contribution < 1.29 is 37.3 Å². The Morgan fingerprint density at radius 1 is 0.525 bits per heavy atom. The predicted molar refractivity (Wildman–Crippen MR) is 261 cm³/mol. The molecule has 61 heavy (non-hydrogen) atoms. The van der Waals surface area contributed by atoms with Gasteiger partial charge in [0.2, 0.25) is 0 Å². The van der Waals surface area contributed by atoms with Crippen molar-refractivity contribution in [1.29, 1.82) is 0 Å². The molecule has 0 aliphatic rings. The average molecular weight is 877 g/mol. The molecule has 0 aliphatic heterocycles. The summed E-state index contributed by atoms with van der Waals surface area (Å²) >= 11 is 0. The summed E-state index contributed by atoms with van der Waals surface area (Å²) in [7, 11) is 1.64. The van der Waals surface area contributed by atoms with Crippen LogP contribution in [0.1, 0.15) is 194 Å². The topological polar surface area (TPSA) is 91.3 Å². The van der Waals surface area contributed by atoms with E-state index in [9.17, 15) is 14.3 Å². The number of hydrogen-bond acceptors (Lipinski definition) is 6. The SMILES string of the molecule is CC/C=C\C/C=C\C/C=C\CCCCCCCCCCOCC(COP(=O)(O)OCC[N+](C)(C)C)OC(=O)CCCCCCCC/C=C\C/C=C\C/C=C\CCCCCCC. The zero-order valence-electron chi connectivity index (χ0n) is 40.1. The van der Waals surface area contributed by atoms with Crippen molar-refractivity contribution in [2.45, 2.75) is 200 Å². The van der Waals surface area contributed by atoms with E-state index in [1.807, 2.05) is 21.1 Å². The molecule has 0 saturated heterocycles. The number of unbranched alkanes of at least 4 members (excludes halogenated alkanes) is 19. The Kier molecular flexibility index (Phi) is 43.0. The summed E-state index contributed by atoms with van der Waals surface area (Å²) in [5.74, 6) is -0.330. The van der Waals surface area contributed by atoms with Crippen LogP contribution in [0.5, 0.6) is 0 Å². The average Bonchev–Trinajstić information content (AvgIpc) is 3.22. The van der Waals surface area contributed by atoms with Gasteiger partial charge in [-0.3, -0.25) is 13.8 Å². The maximum atomic E-state index is 12.7. The van der Waals surface area contributed by atoms with E-state index < -0.39 is 13.9 Å².